The van der Waals surface area contributed by atoms with Gasteiger partial charge in [0.05, 0.1) is 0 Å². The molecule has 0 aromatic rings. The molecular weight excluding hydrogens is 278 g/mol. The first-order chi connectivity index (χ1) is 6.19. The van der Waals surface area contributed by atoms with Gasteiger partial charge in [0.15, 0.2) is 0 Å². The van der Waals surface area contributed by atoms with Crippen LogP contribution in [0.2, 0.25) is 0 Å². The average molecular weight is 289 g/mol. The molecule has 11 heteroatoms. The molecule has 0 aliphatic heterocycles. The Morgan fingerprint density at radius 2 is 1.75 bits per heavy atom. The maximum Gasteiger partial charge on any atom is 1.00 e. The van der Waals surface area contributed by atoms with Crippen LogP contribution < -0.4 is 74.2 Å². The first-order valence-corrected chi connectivity index (χ1v) is 6.90. The first-order valence-electron chi connectivity index (χ1n) is 3.61. The summed E-state index contributed by atoms with van der Waals surface area (Å²) in [6, 6.07) is 0. The molecular formula is C5H11NNa2O6P2. The number of hydrogen-bond donors (Lipinski definition) is 3. The smallest absolute Gasteiger partial charge is 0.809 e. The van der Waals surface area contributed by atoms with E-state index in [0.29, 0.717) is 0 Å². The molecule has 0 fully saturated rings. The van der Waals surface area contributed by atoms with Crippen molar-refractivity contribution in [3.63, 3.8) is 0 Å². The van der Waals surface area contributed by atoms with Gasteiger partial charge in [-0.05, 0) is 14.5 Å². The van der Waals surface area contributed by atoms with Crippen molar-refractivity contribution in [2.24, 2.45) is 0 Å². The molecule has 0 radical (unpaired) electrons. The number of nitrogens with one attached hydrogen (secondary N) is 1. The van der Waals surface area contributed by atoms with Crippen molar-refractivity contribution in [2.75, 3.05) is 6.54 Å². The zero-order valence-electron chi connectivity index (χ0n) is 9.36. The predicted molar refractivity (Wildman–Crippen MR) is 46.3 cm³/mol. The molecule has 0 saturated heterocycles. The normalized spacial score (nSPS) is 14.1. The first kappa shape index (κ1) is 23.1. The van der Waals surface area contributed by atoms with Gasteiger partial charge >= 0.3 is 66.7 Å². The van der Waals surface area contributed by atoms with E-state index in [0.717, 1.165) is 0 Å². The number of rotatable bonds is 5. The van der Waals surface area contributed by atoms with E-state index in [1.807, 2.05) is 5.32 Å². The van der Waals surface area contributed by atoms with Crippen molar-refractivity contribution in [3.05, 3.63) is 12.2 Å². The van der Waals surface area contributed by atoms with Crippen molar-refractivity contribution in [3.8, 4) is 0 Å². The minimum atomic E-state index is -5.35. The van der Waals surface area contributed by atoms with Gasteiger partial charge in [-0.15, -0.1) is 0 Å². The third kappa shape index (κ3) is 9.97. The number of hydrogen-bond acceptors (Lipinski definition) is 5. The quantitative estimate of drug-likeness (QED) is 0.260. The molecule has 0 spiro atoms. The Balaban J connectivity index is -0.000000845. The molecule has 0 aromatic heterocycles. The van der Waals surface area contributed by atoms with E-state index in [1.54, 1.807) is 13.0 Å². The van der Waals surface area contributed by atoms with Crippen LogP contribution in [0.15, 0.2) is 12.2 Å². The Bertz CT molecular complexity index is 277. The van der Waals surface area contributed by atoms with Crippen LogP contribution in [0.1, 0.15) is 6.92 Å². The largest absolute Gasteiger partial charge is 1.00 e. The second-order valence-corrected chi connectivity index (χ2v) is 6.18. The van der Waals surface area contributed by atoms with Crippen LogP contribution in [0, 0.1) is 0 Å². The van der Waals surface area contributed by atoms with Gasteiger partial charge in [-0.1, -0.05) is 12.2 Å². The van der Waals surface area contributed by atoms with Crippen molar-refractivity contribution in [1.29, 1.82) is 0 Å². The monoisotopic (exact) mass is 289 g/mol. The van der Waals surface area contributed by atoms with Gasteiger partial charge in [0, 0.05) is 6.54 Å². The van der Waals surface area contributed by atoms with Gasteiger partial charge in [0.25, 0.3) is 0 Å². The van der Waals surface area contributed by atoms with Gasteiger partial charge in [-0.3, -0.25) is 9.88 Å². The summed E-state index contributed by atoms with van der Waals surface area (Å²) >= 11 is 0. The molecule has 0 aromatic carbocycles. The fourth-order valence-corrected chi connectivity index (χ4v) is 2.85. The van der Waals surface area contributed by atoms with Crippen LogP contribution in [-0.4, -0.2) is 21.9 Å². The molecule has 84 valence electrons. The molecule has 3 N–H and O–H groups in total. The maximum atomic E-state index is 10.6. The zero-order valence-corrected chi connectivity index (χ0v) is 15.1. The second kappa shape index (κ2) is 9.87. The summed E-state index contributed by atoms with van der Waals surface area (Å²) in [5.41, 5.74) is -2.36. The molecule has 7 nitrogen and oxygen atoms in total. The second-order valence-electron chi connectivity index (χ2n) is 2.48. The van der Waals surface area contributed by atoms with Gasteiger partial charge in [-0.25, -0.2) is 0 Å². The van der Waals surface area contributed by atoms with Crippen LogP contribution in [-0.2, 0) is 9.13 Å². The van der Waals surface area contributed by atoms with Gasteiger partial charge in [0.2, 0.25) is 0 Å². The van der Waals surface area contributed by atoms with E-state index in [-0.39, 0.29) is 65.7 Å². The minimum Gasteiger partial charge on any atom is -0.809 e. The van der Waals surface area contributed by atoms with E-state index < -0.39 is 20.7 Å². The van der Waals surface area contributed by atoms with Crippen molar-refractivity contribution in [1.82, 2.24) is 5.32 Å². The standard InChI is InChI=1S/C5H13NO6P2.2Na/c1-2-3-4-6-5(13(7,8)9)14(10,11)12;;/h2-3,5-6H,4H2,1H3,(H2,7,8,9)(H2,10,11,12);;/q;2*+1/p-2. The van der Waals surface area contributed by atoms with Crippen LogP contribution in [0.5, 0.6) is 0 Å². The van der Waals surface area contributed by atoms with E-state index in [1.165, 1.54) is 6.08 Å². The van der Waals surface area contributed by atoms with Crippen LogP contribution >= 0.6 is 15.2 Å². The fraction of sp³-hybridized carbons (Fsp3) is 0.600. The molecule has 0 saturated carbocycles. The molecule has 0 aliphatic carbocycles. The summed E-state index contributed by atoms with van der Waals surface area (Å²) in [6.07, 6.45) is 2.97. The van der Waals surface area contributed by atoms with Crippen LogP contribution in [0.25, 0.3) is 0 Å². The number of allylic oxidation sites excluding steroid dienone is 1. The van der Waals surface area contributed by atoms with Crippen LogP contribution in [0.4, 0.5) is 0 Å². The summed E-state index contributed by atoms with van der Waals surface area (Å²) in [4.78, 5) is 38.1. The van der Waals surface area contributed by atoms with E-state index in [4.69, 9.17) is 9.79 Å². The summed E-state index contributed by atoms with van der Waals surface area (Å²) in [5, 5.41) is 1.96. The predicted octanol–water partition coefficient (Wildman–Crippen LogP) is -7.46. The average Bonchev–Trinajstić information content (AvgIpc) is 1.92. The Morgan fingerprint density at radius 3 is 2.00 bits per heavy atom. The molecule has 0 heterocycles. The summed E-state index contributed by atoms with van der Waals surface area (Å²) < 4.78 is 21.1. The topological polar surface area (TPSA) is 133 Å². The summed E-state index contributed by atoms with van der Waals surface area (Å²) in [5.74, 6) is 0. The molecule has 16 heavy (non-hydrogen) atoms. The Kier molecular flexibility index (Phi) is 14.3. The summed E-state index contributed by atoms with van der Waals surface area (Å²) in [6.45, 7) is 1.54. The minimum absolute atomic E-state index is 0. The molecule has 0 bridgehead atoms. The maximum absolute atomic E-state index is 10.6. The molecule has 0 amide bonds. The van der Waals surface area contributed by atoms with Crippen LogP contribution in [0.3, 0.4) is 0 Å². The van der Waals surface area contributed by atoms with Crippen molar-refractivity contribution in [2.45, 2.75) is 12.4 Å². The summed E-state index contributed by atoms with van der Waals surface area (Å²) in [7, 11) is -10.3. The van der Waals surface area contributed by atoms with E-state index >= 15 is 0 Å². The fourth-order valence-electron chi connectivity index (χ4n) is 0.706. The van der Waals surface area contributed by atoms with Crippen molar-refractivity contribution >= 4 is 15.2 Å². The van der Waals surface area contributed by atoms with Gasteiger partial charge in [-0.2, -0.15) is 0 Å². The zero-order chi connectivity index (χ0) is 11.4. The molecule has 0 aliphatic rings. The Morgan fingerprint density at radius 1 is 1.31 bits per heavy atom. The third-order valence-corrected chi connectivity index (χ3v) is 4.62. The molecule has 1 atom stereocenters. The van der Waals surface area contributed by atoms with E-state index in [9.17, 15) is 18.9 Å². The third-order valence-electron chi connectivity index (χ3n) is 1.27. The molecule has 1 unspecified atom stereocenters. The van der Waals surface area contributed by atoms with E-state index in [2.05, 4.69) is 0 Å². The van der Waals surface area contributed by atoms with Gasteiger partial charge in [0.1, 0.15) is 5.52 Å². The SMILES string of the molecule is CC=CCNC(P(=O)([O-])[O-])P(=O)(O)O.[Na+].[Na+]. The Hall–Kier alpha value is 2.00. The molecule has 0 rings (SSSR count). The van der Waals surface area contributed by atoms with Gasteiger partial charge < -0.3 is 24.1 Å². The Labute approximate surface area is 138 Å². The van der Waals surface area contributed by atoms with Crippen molar-refractivity contribution < 1.29 is 87.8 Å².